The minimum absolute atomic E-state index is 0.156. The number of carbonyl (C=O) groups excluding carboxylic acids is 1. The second-order valence-electron chi connectivity index (χ2n) is 5.34. The summed E-state index contributed by atoms with van der Waals surface area (Å²) in [6, 6.07) is 9.51. The summed E-state index contributed by atoms with van der Waals surface area (Å²) in [5, 5.41) is 0. The van der Waals surface area contributed by atoms with E-state index in [2.05, 4.69) is 0 Å². The molecule has 1 aliphatic carbocycles. The fraction of sp³-hybridized carbons (Fsp3) is 0.562. The predicted molar refractivity (Wildman–Crippen MR) is 77.5 cm³/mol. The molecular formula is C16H23NO3. The van der Waals surface area contributed by atoms with Gasteiger partial charge in [-0.1, -0.05) is 37.5 Å². The van der Waals surface area contributed by atoms with Gasteiger partial charge in [-0.3, -0.25) is 4.79 Å². The lowest BCUT2D eigenvalue weighted by Gasteiger charge is -2.33. The standard InChI is InChI=1S/C16H23NO3/c17-13-16(9-5-2-6-10-16)15(18)20-12-11-19-14-7-3-1-4-8-14/h1,3-4,7-8H,2,5-6,9-13,17H2. The molecule has 1 aliphatic rings. The maximum absolute atomic E-state index is 12.2. The molecular weight excluding hydrogens is 254 g/mol. The molecule has 20 heavy (non-hydrogen) atoms. The van der Waals surface area contributed by atoms with Crippen LogP contribution in [0.5, 0.6) is 5.75 Å². The Balaban J connectivity index is 1.74. The number of hydrogen-bond donors (Lipinski definition) is 1. The van der Waals surface area contributed by atoms with Gasteiger partial charge in [0.25, 0.3) is 0 Å². The van der Waals surface area contributed by atoms with Gasteiger partial charge in [0, 0.05) is 6.54 Å². The van der Waals surface area contributed by atoms with Gasteiger partial charge in [-0.2, -0.15) is 0 Å². The van der Waals surface area contributed by atoms with Crippen molar-refractivity contribution in [1.29, 1.82) is 0 Å². The first-order chi connectivity index (χ1) is 9.77. The lowest BCUT2D eigenvalue weighted by atomic mass is 9.74. The van der Waals surface area contributed by atoms with Crippen molar-refractivity contribution in [3.63, 3.8) is 0 Å². The van der Waals surface area contributed by atoms with Crippen LogP contribution >= 0.6 is 0 Å². The third-order valence-corrected chi connectivity index (χ3v) is 3.96. The van der Waals surface area contributed by atoms with Gasteiger partial charge in [-0.05, 0) is 25.0 Å². The van der Waals surface area contributed by atoms with E-state index in [1.165, 1.54) is 6.42 Å². The molecule has 0 unspecified atom stereocenters. The SMILES string of the molecule is NCC1(C(=O)OCCOc2ccccc2)CCCCC1. The molecule has 0 aromatic heterocycles. The lowest BCUT2D eigenvalue weighted by Crippen LogP contribution is -2.42. The lowest BCUT2D eigenvalue weighted by molar-refractivity contribution is -0.158. The van der Waals surface area contributed by atoms with Crippen molar-refractivity contribution >= 4 is 5.97 Å². The number of para-hydroxylation sites is 1. The second-order valence-corrected chi connectivity index (χ2v) is 5.34. The van der Waals surface area contributed by atoms with Crippen LogP contribution in [-0.2, 0) is 9.53 Å². The number of rotatable bonds is 6. The highest BCUT2D eigenvalue weighted by Gasteiger charge is 2.39. The summed E-state index contributed by atoms with van der Waals surface area (Å²) in [4.78, 5) is 12.2. The molecule has 0 aliphatic heterocycles. The average molecular weight is 277 g/mol. The molecule has 4 heteroatoms. The zero-order valence-corrected chi connectivity index (χ0v) is 11.8. The van der Waals surface area contributed by atoms with Crippen molar-refractivity contribution in [3.8, 4) is 5.75 Å². The summed E-state index contributed by atoms with van der Waals surface area (Å²) in [6.07, 6.45) is 5.01. The number of esters is 1. The summed E-state index contributed by atoms with van der Waals surface area (Å²) >= 11 is 0. The van der Waals surface area contributed by atoms with Crippen LogP contribution < -0.4 is 10.5 Å². The number of nitrogens with two attached hydrogens (primary N) is 1. The van der Waals surface area contributed by atoms with Gasteiger partial charge in [-0.15, -0.1) is 0 Å². The third-order valence-electron chi connectivity index (χ3n) is 3.96. The van der Waals surface area contributed by atoms with E-state index in [0.717, 1.165) is 31.4 Å². The van der Waals surface area contributed by atoms with Gasteiger partial charge in [0.1, 0.15) is 19.0 Å². The summed E-state index contributed by atoms with van der Waals surface area (Å²) < 4.78 is 10.9. The van der Waals surface area contributed by atoms with E-state index < -0.39 is 5.41 Å². The van der Waals surface area contributed by atoms with Crippen LogP contribution in [0.25, 0.3) is 0 Å². The van der Waals surface area contributed by atoms with Crippen LogP contribution in [0.15, 0.2) is 30.3 Å². The van der Waals surface area contributed by atoms with Crippen molar-refractivity contribution in [2.24, 2.45) is 11.1 Å². The van der Waals surface area contributed by atoms with Crippen molar-refractivity contribution < 1.29 is 14.3 Å². The fourth-order valence-corrected chi connectivity index (χ4v) is 2.68. The summed E-state index contributed by atoms with van der Waals surface area (Å²) in [5.74, 6) is 0.631. The number of ether oxygens (including phenoxy) is 2. The van der Waals surface area contributed by atoms with Crippen LogP contribution in [0, 0.1) is 5.41 Å². The maximum atomic E-state index is 12.2. The van der Waals surface area contributed by atoms with E-state index in [-0.39, 0.29) is 12.6 Å². The zero-order chi connectivity index (χ0) is 14.3. The van der Waals surface area contributed by atoms with E-state index in [0.29, 0.717) is 13.2 Å². The average Bonchev–Trinajstić information content (AvgIpc) is 2.53. The predicted octanol–water partition coefficient (Wildman–Crippen LogP) is 2.52. The molecule has 0 bridgehead atoms. The first-order valence-corrected chi connectivity index (χ1v) is 7.32. The highest BCUT2D eigenvalue weighted by molar-refractivity contribution is 5.77. The highest BCUT2D eigenvalue weighted by Crippen LogP contribution is 2.36. The molecule has 0 spiro atoms. The molecule has 4 nitrogen and oxygen atoms in total. The third kappa shape index (κ3) is 3.73. The number of benzene rings is 1. The summed E-state index contributed by atoms with van der Waals surface area (Å²) in [6.45, 7) is 1.03. The molecule has 1 saturated carbocycles. The van der Waals surface area contributed by atoms with Gasteiger partial charge in [0.05, 0.1) is 5.41 Å². The van der Waals surface area contributed by atoms with E-state index in [4.69, 9.17) is 15.2 Å². The Labute approximate surface area is 120 Å². The Morgan fingerprint density at radius 1 is 1.10 bits per heavy atom. The van der Waals surface area contributed by atoms with Crippen molar-refractivity contribution in [1.82, 2.24) is 0 Å². The van der Waals surface area contributed by atoms with Gasteiger partial charge in [-0.25, -0.2) is 0 Å². The smallest absolute Gasteiger partial charge is 0.313 e. The number of hydrogen-bond acceptors (Lipinski definition) is 4. The molecule has 0 saturated heterocycles. The minimum Gasteiger partial charge on any atom is -0.490 e. The molecule has 1 aromatic carbocycles. The van der Waals surface area contributed by atoms with Crippen molar-refractivity contribution in [2.45, 2.75) is 32.1 Å². The van der Waals surface area contributed by atoms with E-state index in [1.807, 2.05) is 30.3 Å². The molecule has 2 rings (SSSR count). The molecule has 0 amide bonds. The van der Waals surface area contributed by atoms with E-state index >= 15 is 0 Å². The largest absolute Gasteiger partial charge is 0.490 e. The summed E-state index contributed by atoms with van der Waals surface area (Å²) in [7, 11) is 0. The van der Waals surface area contributed by atoms with Gasteiger partial charge >= 0.3 is 5.97 Å². The Bertz CT molecular complexity index is 413. The van der Waals surface area contributed by atoms with Crippen LogP contribution in [0.3, 0.4) is 0 Å². The Morgan fingerprint density at radius 2 is 1.80 bits per heavy atom. The molecule has 2 N–H and O–H groups in total. The topological polar surface area (TPSA) is 61.6 Å². The van der Waals surface area contributed by atoms with Crippen molar-refractivity contribution in [3.05, 3.63) is 30.3 Å². The normalized spacial score (nSPS) is 17.4. The van der Waals surface area contributed by atoms with Gasteiger partial charge < -0.3 is 15.2 Å². The Hall–Kier alpha value is -1.55. The minimum atomic E-state index is -0.453. The second kappa shape index (κ2) is 7.29. The number of carbonyl (C=O) groups is 1. The zero-order valence-electron chi connectivity index (χ0n) is 11.8. The molecule has 1 fully saturated rings. The monoisotopic (exact) mass is 277 g/mol. The summed E-state index contributed by atoms with van der Waals surface area (Å²) in [5.41, 5.74) is 5.35. The molecule has 0 radical (unpaired) electrons. The molecule has 110 valence electrons. The van der Waals surface area contributed by atoms with Crippen LogP contribution in [0.1, 0.15) is 32.1 Å². The maximum Gasteiger partial charge on any atom is 0.313 e. The van der Waals surface area contributed by atoms with Gasteiger partial charge in [0.2, 0.25) is 0 Å². The molecule has 0 atom stereocenters. The Kier molecular flexibility index (Phi) is 5.41. The van der Waals surface area contributed by atoms with Crippen LogP contribution in [0.4, 0.5) is 0 Å². The van der Waals surface area contributed by atoms with Crippen LogP contribution in [0.2, 0.25) is 0 Å². The van der Waals surface area contributed by atoms with Crippen molar-refractivity contribution in [2.75, 3.05) is 19.8 Å². The van der Waals surface area contributed by atoms with Crippen LogP contribution in [-0.4, -0.2) is 25.7 Å². The molecule has 1 aromatic rings. The van der Waals surface area contributed by atoms with E-state index in [9.17, 15) is 4.79 Å². The highest BCUT2D eigenvalue weighted by atomic mass is 16.6. The quantitative estimate of drug-likeness (QED) is 0.641. The first kappa shape index (κ1) is 14.9. The fourth-order valence-electron chi connectivity index (χ4n) is 2.68. The first-order valence-electron chi connectivity index (χ1n) is 7.32. The Morgan fingerprint density at radius 3 is 2.45 bits per heavy atom. The van der Waals surface area contributed by atoms with Gasteiger partial charge in [0.15, 0.2) is 0 Å². The molecule has 0 heterocycles. The van der Waals surface area contributed by atoms with E-state index in [1.54, 1.807) is 0 Å².